The molecule has 3 aromatic rings. The molecule has 7 nitrogen and oxygen atoms in total. The summed E-state index contributed by atoms with van der Waals surface area (Å²) < 4.78 is 12.4. The van der Waals surface area contributed by atoms with Crippen LogP contribution in [0.1, 0.15) is 16.8 Å². The van der Waals surface area contributed by atoms with E-state index in [1.807, 2.05) is 36.4 Å². The average molecular weight is 382 g/mol. The molecule has 0 aliphatic carbocycles. The number of nitrogens with zero attached hydrogens (tertiary/aromatic N) is 3. The summed E-state index contributed by atoms with van der Waals surface area (Å²) in [4.78, 5) is 12.1. The van der Waals surface area contributed by atoms with E-state index >= 15 is 0 Å². The monoisotopic (exact) mass is 382 g/mol. The molecule has 1 heterocycles. The first-order valence-corrected chi connectivity index (χ1v) is 8.57. The van der Waals surface area contributed by atoms with Gasteiger partial charge in [-0.1, -0.05) is 30.3 Å². The van der Waals surface area contributed by atoms with Crippen molar-refractivity contribution in [3.8, 4) is 11.5 Å². The summed E-state index contributed by atoms with van der Waals surface area (Å²) in [6.07, 6.45) is 1.53. The van der Waals surface area contributed by atoms with Crippen LogP contribution in [-0.2, 0) is 6.61 Å². The van der Waals surface area contributed by atoms with Crippen LogP contribution in [0.5, 0.6) is 11.5 Å². The van der Waals surface area contributed by atoms with Crippen LogP contribution in [0.2, 0.25) is 0 Å². The fourth-order valence-electron chi connectivity index (χ4n) is 2.32. The lowest BCUT2D eigenvalue weighted by molar-refractivity contribution is 0.284. The van der Waals surface area contributed by atoms with E-state index in [1.165, 1.54) is 6.21 Å². The van der Waals surface area contributed by atoms with Gasteiger partial charge in [0.1, 0.15) is 12.3 Å². The number of rotatable bonds is 6. The van der Waals surface area contributed by atoms with Gasteiger partial charge < -0.3 is 9.47 Å². The summed E-state index contributed by atoms with van der Waals surface area (Å²) in [6.45, 7) is 1.99. The summed E-state index contributed by atoms with van der Waals surface area (Å²) in [7, 11) is 1.58. The Balaban J connectivity index is 1.86. The highest BCUT2D eigenvalue weighted by Gasteiger charge is 2.06. The van der Waals surface area contributed by atoms with Gasteiger partial charge in [0.05, 0.1) is 13.3 Å². The molecule has 0 saturated heterocycles. The van der Waals surface area contributed by atoms with Gasteiger partial charge in [0.15, 0.2) is 11.5 Å². The molecule has 0 fully saturated rings. The van der Waals surface area contributed by atoms with Gasteiger partial charge >= 0.3 is 0 Å². The SMILES string of the molecule is COc1ccc(/C=N/n2c(=S)[nH]nc(C)c2=O)cc1OCc1ccccc1. The summed E-state index contributed by atoms with van der Waals surface area (Å²) >= 11 is 5.06. The number of nitrogens with one attached hydrogen (secondary N) is 1. The van der Waals surface area contributed by atoms with E-state index in [-0.39, 0.29) is 16.0 Å². The highest BCUT2D eigenvalue weighted by molar-refractivity contribution is 7.71. The van der Waals surface area contributed by atoms with Gasteiger partial charge in [-0.2, -0.15) is 14.9 Å². The molecule has 27 heavy (non-hydrogen) atoms. The number of H-pyrrole nitrogens is 1. The smallest absolute Gasteiger partial charge is 0.296 e. The molecule has 1 aromatic heterocycles. The van der Waals surface area contributed by atoms with Crippen LogP contribution in [0.25, 0.3) is 0 Å². The largest absolute Gasteiger partial charge is 0.493 e. The van der Waals surface area contributed by atoms with Crippen LogP contribution in [0.4, 0.5) is 0 Å². The van der Waals surface area contributed by atoms with Crippen LogP contribution in [0.15, 0.2) is 58.4 Å². The van der Waals surface area contributed by atoms with Gasteiger partial charge in [-0.15, -0.1) is 0 Å². The van der Waals surface area contributed by atoms with E-state index in [0.717, 1.165) is 15.8 Å². The maximum atomic E-state index is 12.1. The van der Waals surface area contributed by atoms with Gasteiger partial charge in [-0.3, -0.25) is 9.89 Å². The fraction of sp³-hybridized carbons (Fsp3) is 0.158. The zero-order valence-corrected chi connectivity index (χ0v) is 15.7. The Morgan fingerprint density at radius 1 is 1.22 bits per heavy atom. The van der Waals surface area contributed by atoms with Crippen molar-refractivity contribution in [2.45, 2.75) is 13.5 Å². The predicted molar refractivity (Wildman–Crippen MR) is 105 cm³/mol. The molecule has 0 radical (unpaired) electrons. The molecule has 0 atom stereocenters. The van der Waals surface area contributed by atoms with Crippen molar-refractivity contribution < 1.29 is 9.47 Å². The van der Waals surface area contributed by atoms with E-state index in [0.29, 0.717) is 18.1 Å². The molecule has 8 heteroatoms. The van der Waals surface area contributed by atoms with Gasteiger partial charge in [0, 0.05) is 0 Å². The van der Waals surface area contributed by atoms with Crippen molar-refractivity contribution in [2.75, 3.05) is 7.11 Å². The first-order valence-electron chi connectivity index (χ1n) is 8.16. The van der Waals surface area contributed by atoms with Crippen molar-refractivity contribution >= 4 is 18.4 Å². The summed E-state index contributed by atoms with van der Waals surface area (Å²) in [5.74, 6) is 1.19. The van der Waals surface area contributed by atoms with Crippen LogP contribution >= 0.6 is 12.2 Å². The number of aromatic nitrogens is 3. The Kier molecular flexibility index (Phi) is 5.77. The molecule has 2 aromatic carbocycles. The molecular weight excluding hydrogens is 364 g/mol. The molecule has 3 rings (SSSR count). The number of methoxy groups -OCH3 is 1. The summed E-state index contributed by atoms with van der Waals surface area (Å²) in [6, 6.07) is 15.2. The minimum absolute atomic E-state index is 0.121. The Morgan fingerprint density at radius 3 is 2.74 bits per heavy atom. The number of ether oxygens (including phenoxy) is 2. The lowest BCUT2D eigenvalue weighted by atomic mass is 10.2. The van der Waals surface area contributed by atoms with Crippen molar-refractivity contribution in [3.05, 3.63) is 80.5 Å². The number of hydrogen-bond donors (Lipinski definition) is 1. The lowest BCUT2D eigenvalue weighted by Crippen LogP contribution is -2.22. The van der Waals surface area contributed by atoms with Gasteiger partial charge in [-0.25, -0.2) is 0 Å². The number of aryl methyl sites for hydroxylation is 1. The summed E-state index contributed by atoms with van der Waals surface area (Å²) in [5.41, 5.74) is 1.68. The van der Waals surface area contributed by atoms with Crippen molar-refractivity contribution in [1.29, 1.82) is 0 Å². The quantitative estimate of drug-likeness (QED) is 0.523. The minimum Gasteiger partial charge on any atom is -0.493 e. The van der Waals surface area contributed by atoms with E-state index in [2.05, 4.69) is 15.3 Å². The Labute approximate surface area is 160 Å². The second-order valence-electron chi connectivity index (χ2n) is 5.66. The molecule has 0 spiro atoms. The standard InChI is InChI=1S/C19H18N4O3S/c1-13-18(24)23(19(27)22-21-13)20-11-15-8-9-16(25-2)17(10-15)26-12-14-6-4-3-5-7-14/h3-11H,12H2,1-2H3,(H,22,27)/b20-11+. The van der Waals surface area contributed by atoms with Gasteiger partial charge in [0.2, 0.25) is 4.77 Å². The van der Waals surface area contributed by atoms with Crippen molar-refractivity contribution in [1.82, 2.24) is 14.9 Å². The zero-order chi connectivity index (χ0) is 19.2. The fourth-order valence-corrected chi connectivity index (χ4v) is 2.50. The molecule has 0 aliphatic rings. The van der Waals surface area contributed by atoms with Crippen LogP contribution in [-0.4, -0.2) is 28.2 Å². The van der Waals surface area contributed by atoms with E-state index in [1.54, 1.807) is 26.2 Å². The summed E-state index contributed by atoms with van der Waals surface area (Å²) in [5, 5.41) is 10.6. The predicted octanol–water partition coefficient (Wildman–Crippen LogP) is 3.08. The van der Waals surface area contributed by atoms with Crippen molar-refractivity contribution in [3.63, 3.8) is 0 Å². The molecule has 1 N–H and O–H groups in total. The van der Waals surface area contributed by atoms with Crippen LogP contribution in [0.3, 0.4) is 0 Å². The van der Waals surface area contributed by atoms with Crippen molar-refractivity contribution in [2.24, 2.45) is 5.10 Å². The highest BCUT2D eigenvalue weighted by Crippen LogP contribution is 2.28. The highest BCUT2D eigenvalue weighted by atomic mass is 32.1. The molecule has 138 valence electrons. The Morgan fingerprint density at radius 2 is 2.00 bits per heavy atom. The number of benzene rings is 2. The number of hydrogen-bond acceptors (Lipinski definition) is 6. The van der Waals surface area contributed by atoms with E-state index < -0.39 is 0 Å². The lowest BCUT2D eigenvalue weighted by Gasteiger charge is -2.11. The van der Waals surface area contributed by atoms with Crippen LogP contribution in [0, 0.1) is 11.7 Å². The molecule has 0 saturated carbocycles. The second-order valence-corrected chi connectivity index (χ2v) is 6.05. The van der Waals surface area contributed by atoms with E-state index in [4.69, 9.17) is 21.7 Å². The molecule has 0 bridgehead atoms. The third-order valence-corrected chi connectivity index (χ3v) is 4.02. The zero-order valence-electron chi connectivity index (χ0n) is 14.9. The second kappa shape index (κ2) is 8.41. The minimum atomic E-state index is -0.371. The maximum Gasteiger partial charge on any atom is 0.296 e. The van der Waals surface area contributed by atoms with Crippen LogP contribution < -0.4 is 15.0 Å². The molecule has 0 unspecified atom stereocenters. The average Bonchev–Trinajstić information content (AvgIpc) is 2.70. The van der Waals surface area contributed by atoms with Gasteiger partial charge in [-0.05, 0) is 48.5 Å². The first-order chi connectivity index (χ1) is 13.1. The van der Waals surface area contributed by atoms with E-state index in [9.17, 15) is 4.79 Å². The molecule has 0 aliphatic heterocycles. The molecular formula is C19H18N4O3S. The third-order valence-electron chi connectivity index (χ3n) is 3.76. The van der Waals surface area contributed by atoms with Gasteiger partial charge in [0.25, 0.3) is 5.56 Å². The first kappa shape index (κ1) is 18.5. The third kappa shape index (κ3) is 4.48. The maximum absolute atomic E-state index is 12.1. The normalized spacial score (nSPS) is 10.9. The Hall–Kier alpha value is -3.26. The topological polar surface area (TPSA) is 81.5 Å². The Bertz CT molecular complexity index is 1070. The number of aromatic amines is 1. The molecule has 0 amide bonds.